The van der Waals surface area contributed by atoms with E-state index >= 15 is 0 Å². The number of nitrogen functional groups attached to an aromatic ring is 1. The van der Waals surface area contributed by atoms with Crippen molar-refractivity contribution < 1.29 is 0 Å². The van der Waals surface area contributed by atoms with E-state index in [2.05, 4.69) is 63.5 Å². The molecule has 0 atom stereocenters. The van der Waals surface area contributed by atoms with Crippen LogP contribution < -0.4 is 5.73 Å². The number of imidazole rings is 1. The second-order valence-corrected chi connectivity index (χ2v) is 6.25. The highest BCUT2D eigenvalue weighted by Gasteiger charge is 2.17. The van der Waals surface area contributed by atoms with Crippen molar-refractivity contribution in [2.24, 2.45) is 0 Å². The first kappa shape index (κ1) is 15.6. The molecule has 2 aromatic rings. The van der Waals surface area contributed by atoms with Crippen LogP contribution in [0.4, 0.5) is 5.82 Å². The van der Waals surface area contributed by atoms with Gasteiger partial charge in [0.15, 0.2) is 0 Å². The van der Waals surface area contributed by atoms with Gasteiger partial charge in [-0.15, -0.1) is 0 Å². The van der Waals surface area contributed by atoms with E-state index in [0.29, 0.717) is 12.0 Å². The Bertz CT molecular complexity index is 592. The zero-order valence-electron chi connectivity index (χ0n) is 13.9. The van der Waals surface area contributed by atoms with E-state index in [-0.39, 0.29) is 0 Å². The van der Waals surface area contributed by atoms with Crippen molar-refractivity contribution in [1.29, 1.82) is 0 Å². The maximum Gasteiger partial charge on any atom is 0.131 e. The number of aromatic nitrogens is 2. The van der Waals surface area contributed by atoms with Crippen LogP contribution in [0.1, 0.15) is 64.4 Å². The maximum absolute atomic E-state index is 6.37. The summed E-state index contributed by atoms with van der Waals surface area (Å²) in [7, 11) is 0. The average Bonchev–Trinajstić information content (AvgIpc) is 2.76. The Labute approximate surface area is 128 Å². The van der Waals surface area contributed by atoms with Crippen molar-refractivity contribution in [2.45, 2.75) is 59.4 Å². The second kappa shape index (κ2) is 6.33. The highest BCUT2D eigenvalue weighted by atomic mass is 15.2. The van der Waals surface area contributed by atoms with E-state index in [0.717, 1.165) is 35.7 Å². The van der Waals surface area contributed by atoms with Crippen LogP contribution in [0.2, 0.25) is 0 Å². The van der Waals surface area contributed by atoms with Crippen LogP contribution in [0.3, 0.4) is 0 Å². The zero-order valence-corrected chi connectivity index (χ0v) is 13.9. The molecule has 2 N–H and O–H groups in total. The molecule has 0 saturated carbocycles. The van der Waals surface area contributed by atoms with Gasteiger partial charge >= 0.3 is 0 Å². The minimum atomic E-state index is 0.336. The van der Waals surface area contributed by atoms with Crippen LogP contribution >= 0.6 is 0 Å². The topological polar surface area (TPSA) is 43.8 Å². The number of hydrogen-bond acceptors (Lipinski definition) is 2. The first-order valence-corrected chi connectivity index (χ1v) is 7.92. The summed E-state index contributed by atoms with van der Waals surface area (Å²) >= 11 is 0. The normalized spacial score (nSPS) is 11.6. The average molecular weight is 285 g/mol. The molecule has 0 aliphatic carbocycles. The molecule has 0 bridgehead atoms. The van der Waals surface area contributed by atoms with Gasteiger partial charge in [-0.3, -0.25) is 0 Å². The van der Waals surface area contributed by atoms with Gasteiger partial charge in [-0.25, -0.2) is 4.98 Å². The molecule has 0 amide bonds. The first-order valence-electron chi connectivity index (χ1n) is 7.92. The highest BCUT2D eigenvalue weighted by Crippen LogP contribution is 2.30. The molecule has 21 heavy (non-hydrogen) atoms. The predicted octanol–water partition coefficient (Wildman–Crippen LogP) is 4.79. The molecule has 1 heterocycles. The number of anilines is 1. The van der Waals surface area contributed by atoms with E-state index in [1.807, 2.05) is 0 Å². The van der Waals surface area contributed by atoms with Gasteiger partial charge in [-0.2, -0.15) is 0 Å². The third-order valence-electron chi connectivity index (χ3n) is 3.86. The monoisotopic (exact) mass is 285 g/mol. The quantitative estimate of drug-likeness (QED) is 0.858. The lowest BCUT2D eigenvalue weighted by Gasteiger charge is -2.13. The van der Waals surface area contributed by atoms with Crippen molar-refractivity contribution in [3.05, 3.63) is 35.7 Å². The van der Waals surface area contributed by atoms with Gasteiger partial charge in [0.2, 0.25) is 0 Å². The van der Waals surface area contributed by atoms with Crippen LogP contribution in [0.15, 0.2) is 24.3 Å². The Morgan fingerprint density at radius 1 is 1.10 bits per heavy atom. The molecule has 1 aromatic carbocycles. The van der Waals surface area contributed by atoms with Crippen LogP contribution in [-0.2, 0) is 6.42 Å². The second-order valence-electron chi connectivity index (χ2n) is 6.25. The fourth-order valence-electron chi connectivity index (χ4n) is 2.71. The van der Waals surface area contributed by atoms with E-state index in [4.69, 9.17) is 10.7 Å². The Kier molecular flexibility index (Phi) is 4.71. The van der Waals surface area contributed by atoms with Crippen molar-refractivity contribution >= 4 is 5.82 Å². The molecular weight excluding hydrogens is 258 g/mol. The summed E-state index contributed by atoms with van der Waals surface area (Å²) in [5.41, 5.74) is 9.73. The molecule has 0 radical (unpaired) electrons. The third kappa shape index (κ3) is 3.12. The number of rotatable bonds is 5. The molecule has 2 rings (SSSR count). The van der Waals surface area contributed by atoms with Gasteiger partial charge in [0.05, 0.1) is 0 Å². The van der Waals surface area contributed by atoms with Gasteiger partial charge in [0.1, 0.15) is 17.3 Å². The molecular formula is C18H27N3. The molecule has 114 valence electrons. The molecule has 0 aliphatic heterocycles. The fraction of sp³-hybridized carbons (Fsp3) is 0.500. The van der Waals surface area contributed by atoms with E-state index in [9.17, 15) is 0 Å². The highest BCUT2D eigenvalue weighted by molar-refractivity contribution is 5.71. The van der Waals surface area contributed by atoms with E-state index in [1.54, 1.807) is 0 Å². The van der Waals surface area contributed by atoms with Gasteiger partial charge in [-0.05, 0) is 31.7 Å². The summed E-state index contributed by atoms with van der Waals surface area (Å²) in [4.78, 5) is 4.80. The van der Waals surface area contributed by atoms with E-state index in [1.165, 1.54) is 5.56 Å². The predicted molar refractivity (Wildman–Crippen MR) is 90.5 cm³/mol. The van der Waals surface area contributed by atoms with E-state index < -0.39 is 0 Å². The summed E-state index contributed by atoms with van der Waals surface area (Å²) in [6, 6.07) is 8.95. The number of hydrogen-bond donors (Lipinski definition) is 1. The summed E-state index contributed by atoms with van der Waals surface area (Å²) in [5, 5.41) is 0. The lowest BCUT2D eigenvalue weighted by molar-refractivity contribution is 0.571. The lowest BCUT2D eigenvalue weighted by atomic mass is 10.0. The summed E-state index contributed by atoms with van der Waals surface area (Å²) in [6.45, 7) is 10.9. The molecule has 1 aromatic heterocycles. The smallest absolute Gasteiger partial charge is 0.131 e. The van der Waals surface area contributed by atoms with Crippen LogP contribution in [0, 0.1) is 0 Å². The minimum absolute atomic E-state index is 0.336. The SMILES string of the molecule is CCCc1nc(-c2ccc(C(C)C)cc2)c(N)n1C(C)C. The summed E-state index contributed by atoms with van der Waals surface area (Å²) in [6.07, 6.45) is 2.04. The largest absolute Gasteiger partial charge is 0.383 e. The van der Waals surface area contributed by atoms with Crippen molar-refractivity contribution in [3.8, 4) is 11.3 Å². The number of aryl methyl sites for hydroxylation is 1. The van der Waals surface area contributed by atoms with Crippen molar-refractivity contribution in [3.63, 3.8) is 0 Å². The minimum Gasteiger partial charge on any atom is -0.383 e. The summed E-state index contributed by atoms with van der Waals surface area (Å²) in [5.74, 6) is 2.42. The molecule has 0 aliphatic rings. The molecule has 0 unspecified atom stereocenters. The molecule has 0 spiro atoms. The van der Waals surface area contributed by atoms with Gasteiger partial charge in [0.25, 0.3) is 0 Å². The standard InChI is InChI=1S/C18H27N3/c1-6-7-16-20-17(18(19)21(16)13(4)5)15-10-8-14(9-11-15)12(2)3/h8-13H,6-7,19H2,1-5H3. The Hall–Kier alpha value is -1.77. The summed E-state index contributed by atoms with van der Waals surface area (Å²) < 4.78 is 2.16. The zero-order chi connectivity index (χ0) is 15.6. The van der Waals surface area contributed by atoms with Crippen LogP contribution in [-0.4, -0.2) is 9.55 Å². The Morgan fingerprint density at radius 3 is 2.19 bits per heavy atom. The van der Waals surface area contributed by atoms with Crippen molar-refractivity contribution in [1.82, 2.24) is 9.55 Å². The third-order valence-corrected chi connectivity index (χ3v) is 3.86. The Balaban J connectivity index is 2.46. The van der Waals surface area contributed by atoms with Crippen LogP contribution in [0.5, 0.6) is 0 Å². The molecule has 3 heteroatoms. The van der Waals surface area contributed by atoms with Gasteiger partial charge in [-0.1, -0.05) is 45.0 Å². The molecule has 0 fully saturated rings. The molecule has 0 saturated heterocycles. The fourth-order valence-corrected chi connectivity index (χ4v) is 2.71. The first-order chi connectivity index (χ1) is 9.95. The van der Waals surface area contributed by atoms with Gasteiger partial charge in [0, 0.05) is 18.0 Å². The number of nitrogens with two attached hydrogens (primary N) is 1. The molecule has 3 nitrogen and oxygen atoms in total. The maximum atomic E-state index is 6.37. The Morgan fingerprint density at radius 2 is 1.71 bits per heavy atom. The van der Waals surface area contributed by atoms with Crippen molar-refractivity contribution in [2.75, 3.05) is 5.73 Å². The lowest BCUT2D eigenvalue weighted by Crippen LogP contribution is -2.09. The number of nitrogens with zero attached hydrogens (tertiary/aromatic N) is 2. The van der Waals surface area contributed by atoms with Gasteiger partial charge < -0.3 is 10.3 Å². The van der Waals surface area contributed by atoms with Crippen LogP contribution in [0.25, 0.3) is 11.3 Å². The number of benzene rings is 1.